The van der Waals surface area contributed by atoms with Gasteiger partial charge in [-0.2, -0.15) is 0 Å². The number of carbonyl (C=O) groups is 1. The normalized spacial score (nSPS) is 12.0. The fourth-order valence-corrected chi connectivity index (χ4v) is 10.6. The average molecular weight is 541 g/mol. The lowest BCUT2D eigenvalue weighted by Gasteiger charge is -2.38. The zero-order valence-corrected chi connectivity index (χ0v) is 26.2. The van der Waals surface area contributed by atoms with Gasteiger partial charge in [-0.3, -0.25) is 9.88 Å². The van der Waals surface area contributed by atoms with Crippen molar-refractivity contribution in [2.75, 3.05) is 12.0 Å². The number of carbonyl (C=O) groups excluding carboxylic acids is 1. The lowest BCUT2D eigenvalue weighted by Crippen LogP contribution is -2.43. The number of amides is 1. The zero-order chi connectivity index (χ0) is 29.0. The molecule has 38 heavy (non-hydrogen) atoms. The summed E-state index contributed by atoms with van der Waals surface area (Å²) in [6.45, 7) is 22.8. The number of anilines is 1. The van der Waals surface area contributed by atoms with Crippen molar-refractivity contribution in [1.82, 2.24) is 4.98 Å². The maximum atomic E-state index is 15.0. The highest BCUT2D eigenvalue weighted by Crippen LogP contribution is 2.41. The molecule has 1 amide bonds. The van der Waals surface area contributed by atoms with E-state index in [1.165, 1.54) is 17.0 Å². The molecular weight excluding hydrogens is 495 g/mol. The maximum absolute atomic E-state index is 15.0. The second kappa shape index (κ2) is 12.3. The van der Waals surface area contributed by atoms with Gasteiger partial charge >= 0.3 is 6.09 Å². The third-order valence-corrected chi connectivity index (χ3v) is 13.4. The molecule has 0 aliphatic heterocycles. The highest BCUT2D eigenvalue weighted by molar-refractivity contribution is 6.90. The summed E-state index contributed by atoms with van der Waals surface area (Å²) >= 11 is 0. The molecule has 0 saturated carbocycles. The van der Waals surface area contributed by atoms with E-state index >= 15 is 4.39 Å². The van der Waals surface area contributed by atoms with Gasteiger partial charge in [0.05, 0.1) is 25.0 Å². The Hall–Kier alpha value is -2.85. The van der Waals surface area contributed by atoms with Gasteiger partial charge in [-0.15, -0.1) is 5.54 Å². The predicted molar refractivity (Wildman–Crippen MR) is 157 cm³/mol. The summed E-state index contributed by atoms with van der Waals surface area (Å²) in [5.74, 6) is 3.56. The minimum atomic E-state index is -2.02. The van der Waals surface area contributed by atoms with Gasteiger partial charge in [0.25, 0.3) is 0 Å². The number of nitrogens with zero attached hydrogens (tertiary/aromatic N) is 2. The molecule has 0 atom stereocenters. The Labute approximate surface area is 230 Å². The lowest BCUT2D eigenvalue weighted by molar-refractivity contribution is 0.0577. The molecule has 0 saturated heterocycles. The van der Waals surface area contributed by atoms with E-state index in [2.05, 4.69) is 58.0 Å². The van der Waals surface area contributed by atoms with Crippen LogP contribution >= 0.6 is 0 Å². The van der Waals surface area contributed by atoms with Crippen LogP contribution in [0, 0.1) is 31.1 Å². The van der Waals surface area contributed by atoms with Crippen LogP contribution in [0.25, 0.3) is 0 Å². The van der Waals surface area contributed by atoms with E-state index < -0.39 is 25.6 Å². The molecule has 208 valence electrons. The van der Waals surface area contributed by atoms with Gasteiger partial charge < -0.3 is 9.47 Å². The number of ether oxygens (including phenoxy) is 2. The van der Waals surface area contributed by atoms with Gasteiger partial charge in [0, 0.05) is 22.9 Å². The van der Waals surface area contributed by atoms with Gasteiger partial charge in [-0.05, 0) is 69.4 Å². The zero-order valence-electron chi connectivity index (χ0n) is 25.2. The number of hydrogen-bond acceptors (Lipinski definition) is 4. The first-order valence-corrected chi connectivity index (χ1v) is 15.6. The number of pyridine rings is 1. The van der Waals surface area contributed by atoms with Gasteiger partial charge in [0.15, 0.2) is 0 Å². The Morgan fingerprint density at radius 1 is 1.05 bits per heavy atom. The quantitative estimate of drug-likeness (QED) is 0.261. The molecule has 0 unspecified atom stereocenters. The molecule has 1 heterocycles. The first kappa shape index (κ1) is 31.4. The van der Waals surface area contributed by atoms with Crippen LogP contribution in [0.3, 0.4) is 0 Å². The first-order valence-electron chi connectivity index (χ1n) is 13.4. The fourth-order valence-electron chi connectivity index (χ4n) is 5.37. The molecule has 1 aromatic carbocycles. The summed E-state index contributed by atoms with van der Waals surface area (Å²) in [4.78, 5) is 19.4. The van der Waals surface area contributed by atoms with Crippen LogP contribution in [0.1, 0.15) is 84.7 Å². The third kappa shape index (κ3) is 7.16. The second-order valence-corrected chi connectivity index (χ2v) is 17.5. The van der Waals surface area contributed by atoms with Crippen molar-refractivity contribution in [3.63, 3.8) is 0 Å². The molecular formula is C31H45FN2O3Si. The SMILES string of the molecule is COc1c(C)cnc(CN(C(=O)OC(C)(C)C)c2cc(F)cc(C#C[Si](C(C)C)(C(C)C)C(C)C)c2)c1C. The summed E-state index contributed by atoms with van der Waals surface area (Å²) in [6.07, 6.45) is 1.13. The summed E-state index contributed by atoms with van der Waals surface area (Å²) in [7, 11) is -0.415. The second-order valence-electron chi connectivity index (χ2n) is 12.0. The van der Waals surface area contributed by atoms with Crippen LogP contribution in [0.5, 0.6) is 5.75 Å². The van der Waals surface area contributed by atoms with Crippen LogP contribution in [-0.2, 0) is 11.3 Å². The molecule has 1 aromatic heterocycles. The maximum Gasteiger partial charge on any atom is 0.415 e. The van der Waals surface area contributed by atoms with Crippen molar-refractivity contribution in [1.29, 1.82) is 0 Å². The summed E-state index contributed by atoms with van der Waals surface area (Å²) in [5, 5.41) is 0. The highest BCUT2D eigenvalue weighted by atomic mass is 28.3. The van der Waals surface area contributed by atoms with Crippen LogP contribution in [0.15, 0.2) is 24.4 Å². The van der Waals surface area contributed by atoms with E-state index in [9.17, 15) is 4.79 Å². The molecule has 0 spiro atoms. The number of benzene rings is 1. The summed E-state index contributed by atoms with van der Waals surface area (Å²) in [5.41, 5.74) is 7.54. The number of hydrogen-bond donors (Lipinski definition) is 0. The largest absolute Gasteiger partial charge is 0.496 e. The first-order chi connectivity index (χ1) is 17.5. The van der Waals surface area contributed by atoms with Crippen molar-refractivity contribution >= 4 is 19.9 Å². The summed E-state index contributed by atoms with van der Waals surface area (Å²) < 4.78 is 26.3. The van der Waals surface area contributed by atoms with Crippen molar-refractivity contribution in [2.24, 2.45) is 0 Å². The van der Waals surface area contributed by atoms with Crippen molar-refractivity contribution in [3.05, 3.63) is 52.6 Å². The number of halogens is 1. The molecule has 2 rings (SSSR count). The monoisotopic (exact) mass is 540 g/mol. The average Bonchev–Trinajstić information content (AvgIpc) is 2.77. The predicted octanol–water partition coefficient (Wildman–Crippen LogP) is 8.36. The summed E-state index contributed by atoms with van der Waals surface area (Å²) in [6, 6.07) is 4.54. The van der Waals surface area contributed by atoms with E-state index in [0.717, 1.165) is 11.1 Å². The Kier molecular flexibility index (Phi) is 10.2. The Balaban J connectivity index is 2.66. The Bertz CT molecular complexity index is 1180. The van der Waals surface area contributed by atoms with Gasteiger partial charge in [-0.25, -0.2) is 9.18 Å². The third-order valence-electron chi connectivity index (χ3n) is 7.16. The number of methoxy groups -OCH3 is 1. The van der Waals surface area contributed by atoms with Gasteiger partial charge in [0.2, 0.25) is 0 Å². The van der Waals surface area contributed by atoms with Crippen LogP contribution in [-0.4, -0.2) is 31.9 Å². The minimum Gasteiger partial charge on any atom is -0.496 e. The molecule has 0 aliphatic rings. The number of rotatable bonds is 7. The van der Waals surface area contributed by atoms with Crippen molar-refractivity contribution in [2.45, 2.75) is 105 Å². The molecule has 0 N–H and O–H groups in total. The van der Waals surface area contributed by atoms with Crippen LogP contribution in [0.4, 0.5) is 14.9 Å². The standard InChI is InChI=1S/C31H45FN2O3Si/c1-20(2)38(21(3)4,22(5)6)14-13-25-15-26(32)17-27(16-25)34(30(35)37-31(9,10)11)19-28-24(8)29(36-12)23(7)18-33-28/h15-18,20-22H,19H2,1-12H3. The van der Waals surface area contributed by atoms with E-state index in [4.69, 9.17) is 9.47 Å². The molecule has 7 heteroatoms. The molecule has 5 nitrogen and oxygen atoms in total. The number of aryl methyl sites for hydroxylation is 1. The molecule has 0 radical (unpaired) electrons. The van der Waals surface area contributed by atoms with E-state index in [0.29, 0.717) is 39.3 Å². The smallest absolute Gasteiger partial charge is 0.415 e. The van der Waals surface area contributed by atoms with Crippen LogP contribution in [0.2, 0.25) is 16.6 Å². The van der Waals surface area contributed by atoms with Gasteiger partial charge in [0.1, 0.15) is 25.2 Å². The van der Waals surface area contributed by atoms with E-state index in [-0.39, 0.29) is 6.54 Å². The topological polar surface area (TPSA) is 51.7 Å². The van der Waals surface area contributed by atoms with Gasteiger partial charge in [-0.1, -0.05) is 47.5 Å². The van der Waals surface area contributed by atoms with E-state index in [1.54, 1.807) is 40.1 Å². The van der Waals surface area contributed by atoms with Crippen LogP contribution < -0.4 is 9.64 Å². The molecule has 0 fully saturated rings. The molecule has 2 aromatic rings. The van der Waals surface area contributed by atoms with Crippen molar-refractivity contribution < 1.29 is 18.7 Å². The number of aromatic nitrogens is 1. The Morgan fingerprint density at radius 3 is 2.13 bits per heavy atom. The van der Waals surface area contributed by atoms with E-state index in [1.807, 2.05) is 13.8 Å². The highest BCUT2D eigenvalue weighted by Gasteiger charge is 2.41. The molecule has 0 bridgehead atoms. The Morgan fingerprint density at radius 2 is 1.63 bits per heavy atom. The lowest BCUT2D eigenvalue weighted by atomic mass is 10.1. The minimum absolute atomic E-state index is 0.0936. The molecule has 0 aliphatic carbocycles. The van der Waals surface area contributed by atoms with Crippen molar-refractivity contribution in [3.8, 4) is 17.2 Å². The fraction of sp³-hybridized carbons (Fsp3) is 0.548.